The molecular formula is C15H18N2O3. The standard InChI is InChI=1S/C15H18N2O3/c1-16-8-6-9-10-3-4-12(19)17(2)15(10)11(18)5-7-14(9,15)13(16)20/h3-4,6,8-11,18H,5,7H2,1-2H3/t9-,10+,11-,14+,15-/m1/s1. The summed E-state index contributed by atoms with van der Waals surface area (Å²) in [4.78, 5) is 28.2. The molecule has 4 aliphatic rings. The topological polar surface area (TPSA) is 60.9 Å². The summed E-state index contributed by atoms with van der Waals surface area (Å²) in [6, 6.07) is 0. The van der Waals surface area contributed by atoms with Gasteiger partial charge in [-0.05, 0) is 18.9 Å². The van der Waals surface area contributed by atoms with Crippen LogP contribution < -0.4 is 0 Å². The molecule has 2 amide bonds. The first-order chi connectivity index (χ1) is 9.47. The van der Waals surface area contributed by atoms with Crippen LogP contribution in [0.15, 0.2) is 24.4 Å². The molecule has 4 rings (SSSR count). The molecule has 0 saturated heterocycles. The highest BCUT2D eigenvalue weighted by Crippen LogP contribution is 2.72. The normalized spacial score (nSPS) is 48.9. The monoisotopic (exact) mass is 274 g/mol. The average Bonchev–Trinajstić information content (AvgIpc) is 2.64. The molecule has 2 fully saturated rings. The largest absolute Gasteiger partial charge is 0.391 e. The van der Waals surface area contributed by atoms with Crippen LogP contribution in [0.25, 0.3) is 0 Å². The van der Waals surface area contributed by atoms with Crippen LogP contribution in [0.4, 0.5) is 0 Å². The molecule has 5 nitrogen and oxygen atoms in total. The number of nitrogens with zero attached hydrogens (tertiary/aromatic N) is 2. The van der Waals surface area contributed by atoms with Crippen LogP contribution in [0.3, 0.4) is 0 Å². The number of likely N-dealkylation sites (N-methyl/N-ethyl adjacent to an activating group) is 1. The van der Waals surface area contributed by atoms with Gasteiger partial charge in [-0.3, -0.25) is 9.59 Å². The van der Waals surface area contributed by atoms with Gasteiger partial charge in [0.2, 0.25) is 11.8 Å². The number of carbonyl (C=O) groups is 2. The number of hydrogen-bond acceptors (Lipinski definition) is 3. The van der Waals surface area contributed by atoms with Gasteiger partial charge < -0.3 is 14.9 Å². The quantitative estimate of drug-likeness (QED) is 0.683. The van der Waals surface area contributed by atoms with Gasteiger partial charge in [0.15, 0.2) is 0 Å². The van der Waals surface area contributed by atoms with Crippen LogP contribution in [-0.4, -0.2) is 52.5 Å². The second-order valence-electron chi connectivity index (χ2n) is 6.42. The molecule has 5 atom stereocenters. The van der Waals surface area contributed by atoms with E-state index in [1.165, 1.54) is 0 Å². The molecule has 0 bridgehead atoms. The smallest absolute Gasteiger partial charge is 0.246 e. The highest BCUT2D eigenvalue weighted by atomic mass is 16.3. The zero-order valence-corrected chi connectivity index (χ0v) is 11.6. The first-order valence-corrected chi connectivity index (χ1v) is 7.07. The molecule has 0 aromatic rings. The maximum Gasteiger partial charge on any atom is 0.246 e. The van der Waals surface area contributed by atoms with E-state index in [9.17, 15) is 14.7 Å². The number of fused-ring (bicyclic) bond motifs is 1. The molecule has 2 heterocycles. The summed E-state index contributed by atoms with van der Waals surface area (Å²) in [5.74, 6) is 0.0459. The van der Waals surface area contributed by atoms with Gasteiger partial charge in [-0.1, -0.05) is 12.2 Å². The van der Waals surface area contributed by atoms with E-state index in [1.807, 2.05) is 12.3 Å². The van der Waals surface area contributed by atoms with Crippen LogP contribution in [0.2, 0.25) is 0 Å². The molecule has 2 aliphatic carbocycles. The minimum Gasteiger partial charge on any atom is -0.391 e. The van der Waals surface area contributed by atoms with E-state index in [2.05, 4.69) is 6.08 Å². The van der Waals surface area contributed by atoms with Crippen molar-refractivity contribution in [2.24, 2.45) is 17.3 Å². The Morgan fingerprint density at radius 2 is 2.00 bits per heavy atom. The van der Waals surface area contributed by atoms with Crippen molar-refractivity contribution >= 4 is 11.8 Å². The zero-order valence-electron chi connectivity index (χ0n) is 11.6. The Balaban J connectivity index is 1.97. The molecule has 0 aromatic heterocycles. The van der Waals surface area contributed by atoms with Gasteiger partial charge in [0.05, 0.1) is 17.1 Å². The van der Waals surface area contributed by atoms with Crippen LogP contribution in [0, 0.1) is 17.3 Å². The van der Waals surface area contributed by atoms with Crippen LogP contribution >= 0.6 is 0 Å². The van der Waals surface area contributed by atoms with Crippen molar-refractivity contribution in [1.82, 2.24) is 9.80 Å². The van der Waals surface area contributed by atoms with E-state index in [0.29, 0.717) is 12.8 Å². The van der Waals surface area contributed by atoms with Gasteiger partial charge in [-0.2, -0.15) is 0 Å². The SMILES string of the molecule is CN1C=C[C@@H]2[C@@H]3C=CC(=O)N(C)[C@@]34[C@H](O)CC[C@@]24C1=O. The predicted octanol–water partition coefficient (Wildman–Crippen LogP) is 0.126. The highest BCUT2D eigenvalue weighted by molar-refractivity contribution is 5.95. The molecule has 5 heteroatoms. The lowest BCUT2D eigenvalue weighted by Gasteiger charge is -2.70. The second-order valence-corrected chi connectivity index (χ2v) is 6.42. The number of aliphatic hydroxyl groups is 1. The summed E-state index contributed by atoms with van der Waals surface area (Å²) >= 11 is 0. The predicted molar refractivity (Wildman–Crippen MR) is 71.2 cm³/mol. The maximum atomic E-state index is 12.8. The fourth-order valence-corrected chi connectivity index (χ4v) is 5.32. The third-order valence-electron chi connectivity index (χ3n) is 6.05. The minimum absolute atomic E-state index is 0.0350. The first kappa shape index (κ1) is 12.1. The Morgan fingerprint density at radius 1 is 1.25 bits per heavy atom. The molecule has 0 radical (unpaired) electrons. The number of aliphatic hydroxyl groups excluding tert-OH is 1. The lowest BCUT2D eigenvalue weighted by atomic mass is 9.40. The Morgan fingerprint density at radius 3 is 2.75 bits per heavy atom. The van der Waals surface area contributed by atoms with Crippen LogP contribution in [-0.2, 0) is 9.59 Å². The van der Waals surface area contributed by atoms with Gasteiger partial charge >= 0.3 is 0 Å². The molecule has 106 valence electrons. The van der Waals surface area contributed by atoms with E-state index in [1.54, 1.807) is 30.0 Å². The van der Waals surface area contributed by atoms with Crippen LogP contribution in [0.1, 0.15) is 12.8 Å². The summed E-state index contributed by atoms with van der Waals surface area (Å²) in [5.41, 5.74) is -1.39. The molecule has 2 saturated carbocycles. The Hall–Kier alpha value is -1.62. The van der Waals surface area contributed by atoms with Crippen molar-refractivity contribution in [3.05, 3.63) is 24.4 Å². The lowest BCUT2D eigenvalue weighted by Crippen LogP contribution is -2.82. The Bertz CT molecular complexity index is 584. The van der Waals surface area contributed by atoms with E-state index in [-0.39, 0.29) is 23.7 Å². The summed E-state index contributed by atoms with van der Waals surface area (Å²) < 4.78 is 0. The number of amides is 2. The molecule has 20 heavy (non-hydrogen) atoms. The molecule has 0 unspecified atom stereocenters. The summed E-state index contributed by atoms with van der Waals surface area (Å²) in [7, 11) is 3.47. The fourth-order valence-electron chi connectivity index (χ4n) is 5.32. The van der Waals surface area contributed by atoms with Crippen molar-refractivity contribution in [2.45, 2.75) is 24.5 Å². The van der Waals surface area contributed by atoms with E-state index in [4.69, 9.17) is 0 Å². The molecule has 2 spiro atoms. The van der Waals surface area contributed by atoms with Gasteiger partial charge in [-0.25, -0.2) is 0 Å². The van der Waals surface area contributed by atoms with Gasteiger partial charge in [0, 0.05) is 32.1 Å². The average molecular weight is 274 g/mol. The van der Waals surface area contributed by atoms with E-state index < -0.39 is 17.1 Å². The summed E-state index contributed by atoms with van der Waals surface area (Å²) in [6.07, 6.45) is 7.93. The van der Waals surface area contributed by atoms with Crippen LogP contribution in [0.5, 0.6) is 0 Å². The number of carbonyl (C=O) groups excluding carboxylic acids is 2. The van der Waals surface area contributed by atoms with Crippen molar-refractivity contribution < 1.29 is 14.7 Å². The third-order valence-corrected chi connectivity index (χ3v) is 6.05. The van der Waals surface area contributed by atoms with Gasteiger partial charge in [0.25, 0.3) is 0 Å². The van der Waals surface area contributed by atoms with Crippen molar-refractivity contribution in [1.29, 1.82) is 0 Å². The highest BCUT2D eigenvalue weighted by Gasteiger charge is 2.82. The second kappa shape index (κ2) is 3.34. The molecular weight excluding hydrogens is 256 g/mol. The van der Waals surface area contributed by atoms with Crippen molar-refractivity contribution in [2.75, 3.05) is 14.1 Å². The molecule has 2 aliphatic heterocycles. The maximum absolute atomic E-state index is 12.8. The van der Waals surface area contributed by atoms with Gasteiger partial charge in [-0.15, -0.1) is 0 Å². The first-order valence-electron chi connectivity index (χ1n) is 7.07. The van der Waals surface area contributed by atoms with Gasteiger partial charge in [0.1, 0.15) is 0 Å². The van der Waals surface area contributed by atoms with Crippen molar-refractivity contribution in [3.8, 4) is 0 Å². The Kier molecular flexibility index (Phi) is 2.03. The zero-order chi connectivity index (χ0) is 14.3. The third kappa shape index (κ3) is 0.906. The number of hydrogen-bond donors (Lipinski definition) is 1. The summed E-state index contributed by atoms with van der Waals surface area (Å²) in [6.45, 7) is 0. The molecule has 1 N–H and O–H groups in total. The van der Waals surface area contributed by atoms with E-state index >= 15 is 0 Å². The molecule has 0 aromatic carbocycles. The minimum atomic E-state index is -0.750. The fraction of sp³-hybridized carbons (Fsp3) is 0.600. The van der Waals surface area contributed by atoms with E-state index in [0.717, 1.165) is 0 Å². The number of allylic oxidation sites excluding steroid dienone is 1. The summed E-state index contributed by atoms with van der Waals surface area (Å²) in [5, 5.41) is 10.6. The Labute approximate surface area is 117 Å². The lowest BCUT2D eigenvalue weighted by molar-refractivity contribution is -0.215. The van der Waals surface area contributed by atoms with Crippen molar-refractivity contribution in [3.63, 3.8) is 0 Å². The number of rotatable bonds is 0.